The third-order valence-electron chi connectivity index (χ3n) is 3.14. The molecule has 18 heavy (non-hydrogen) atoms. The van der Waals surface area contributed by atoms with Gasteiger partial charge in [0.05, 0.1) is 11.6 Å². The van der Waals surface area contributed by atoms with E-state index in [4.69, 9.17) is 11.6 Å². The zero-order chi connectivity index (χ0) is 13.3. The van der Waals surface area contributed by atoms with Crippen molar-refractivity contribution < 1.29 is 4.79 Å². The lowest BCUT2D eigenvalue weighted by atomic mass is 10.0. The number of carbonyl (C=O) groups excluding carboxylic acids is 1. The molecule has 2 heterocycles. The van der Waals surface area contributed by atoms with Gasteiger partial charge in [-0.15, -0.1) is 11.6 Å². The van der Waals surface area contributed by atoms with Crippen molar-refractivity contribution in [2.45, 2.75) is 38.1 Å². The van der Waals surface area contributed by atoms with Crippen LogP contribution in [0.2, 0.25) is 0 Å². The highest BCUT2D eigenvalue weighted by Crippen LogP contribution is 2.27. The number of hydrogen-bond donors (Lipinski definition) is 1. The fourth-order valence-corrected chi connectivity index (χ4v) is 2.36. The van der Waals surface area contributed by atoms with Crippen molar-refractivity contribution in [2.75, 3.05) is 6.54 Å². The van der Waals surface area contributed by atoms with Gasteiger partial charge in [0, 0.05) is 31.0 Å². The third-order valence-corrected chi connectivity index (χ3v) is 3.39. The van der Waals surface area contributed by atoms with E-state index >= 15 is 0 Å². The van der Waals surface area contributed by atoms with E-state index < -0.39 is 0 Å². The highest BCUT2D eigenvalue weighted by atomic mass is 35.5. The second kappa shape index (κ2) is 5.10. The molecule has 1 atom stereocenters. The largest absolute Gasteiger partial charge is 0.340 e. The molecule has 0 unspecified atom stereocenters. The van der Waals surface area contributed by atoms with Crippen molar-refractivity contribution in [2.24, 2.45) is 0 Å². The van der Waals surface area contributed by atoms with E-state index in [-0.39, 0.29) is 29.3 Å². The number of aromatic nitrogens is 2. The van der Waals surface area contributed by atoms with Crippen LogP contribution in [-0.2, 0) is 10.7 Å². The molecule has 98 valence electrons. The van der Waals surface area contributed by atoms with Crippen LogP contribution in [0.1, 0.15) is 37.7 Å². The number of H-pyrrole nitrogens is 1. The quantitative estimate of drug-likeness (QED) is 0.840. The summed E-state index contributed by atoms with van der Waals surface area (Å²) in [5, 5.41) is 0. The molecular weight excluding hydrogens is 254 g/mol. The number of hydrogen-bond acceptors (Lipinski definition) is 3. The van der Waals surface area contributed by atoms with Crippen molar-refractivity contribution in [3.8, 4) is 0 Å². The predicted molar refractivity (Wildman–Crippen MR) is 68.6 cm³/mol. The van der Waals surface area contributed by atoms with E-state index in [9.17, 15) is 9.59 Å². The third kappa shape index (κ3) is 2.56. The van der Waals surface area contributed by atoms with Gasteiger partial charge in [-0.1, -0.05) is 0 Å². The molecule has 0 radical (unpaired) electrons. The first-order valence-corrected chi connectivity index (χ1v) is 6.50. The van der Waals surface area contributed by atoms with Gasteiger partial charge in [-0.3, -0.25) is 9.59 Å². The maximum atomic E-state index is 11.8. The Bertz CT molecular complexity index is 512. The second-order valence-corrected chi connectivity index (χ2v) is 5.06. The van der Waals surface area contributed by atoms with Crippen LogP contribution in [0.3, 0.4) is 0 Å². The van der Waals surface area contributed by atoms with Crippen molar-refractivity contribution in [1.82, 2.24) is 14.9 Å². The molecule has 1 aliphatic rings. The van der Waals surface area contributed by atoms with Gasteiger partial charge in [0.15, 0.2) is 0 Å². The Hall–Kier alpha value is -1.36. The normalized spacial score (nSPS) is 19.9. The summed E-state index contributed by atoms with van der Waals surface area (Å²) in [6.07, 6.45) is 0.413. The molecule has 1 aromatic rings. The Kier molecular flexibility index (Phi) is 3.71. The number of aromatic amines is 1. The number of halogens is 1. The summed E-state index contributed by atoms with van der Waals surface area (Å²) in [5.74, 6) is 0.723. The first-order chi connectivity index (χ1) is 8.51. The Morgan fingerprint density at radius 1 is 1.56 bits per heavy atom. The number of nitrogens with one attached hydrogen (secondary N) is 1. The number of alkyl halides is 1. The van der Waals surface area contributed by atoms with Gasteiger partial charge in [-0.2, -0.15) is 0 Å². The number of rotatable bonds is 3. The average molecular weight is 270 g/mol. The van der Waals surface area contributed by atoms with Gasteiger partial charge in [0.1, 0.15) is 5.82 Å². The minimum atomic E-state index is -0.217. The molecular formula is C12H16ClN3O2. The molecule has 6 heteroatoms. The van der Waals surface area contributed by atoms with E-state index in [1.54, 1.807) is 0 Å². The monoisotopic (exact) mass is 269 g/mol. The standard InChI is InChI=1S/C12H16ClN3O2/c1-7(2)16-6-8(3-12(16)18)9-4-11(17)15-10(5-13)14-9/h4,7-8H,3,5-6H2,1-2H3,(H,14,15,17)/t8-/m0/s1. The molecule has 0 saturated carbocycles. The highest BCUT2D eigenvalue weighted by molar-refractivity contribution is 6.16. The smallest absolute Gasteiger partial charge is 0.251 e. The molecule has 0 bridgehead atoms. The van der Waals surface area contributed by atoms with Gasteiger partial charge in [0.25, 0.3) is 5.56 Å². The van der Waals surface area contributed by atoms with E-state index in [0.717, 1.165) is 0 Å². The van der Waals surface area contributed by atoms with Crippen molar-refractivity contribution >= 4 is 17.5 Å². The Labute approximate surface area is 110 Å². The van der Waals surface area contributed by atoms with Crippen LogP contribution in [0, 0.1) is 0 Å². The van der Waals surface area contributed by atoms with Crippen LogP contribution < -0.4 is 5.56 Å². The Balaban J connectivity index is 2.26. The van der Waals surface area contributed by atoms with Gasteiger partial charge >= 0.3 is 0 Å². The predicted octanol–water partition coefficient (Wildman–Crippen LogP) is 1.23. The van der Waals surface area contributed by atoms with E-state index in [0.29, 0.717) is 24.5 Å². The zero-order valence-corrected chi connectivity index (χ0v) is 11.2. The average Bonchev–Trinajstić information content (AvgIpc) is 2.70. The van der Waals surface area contributed by atoms with E-state index in [1.165, 1.54) is 6.07 Å². The van der Waals surface area contributed by atoms with Crippen LogP contribution in [0.15, 0.2) is 10.9 Å². The van der Waals surface area contributed by atoms with Crippen molar-refractivity contribution in [3.63, 3.8) is 0 Å². The lowest BCUT2D eigenvalue weighted by Gasteiger charge is -2.20. The zero-order valence-electron chi connectivity index (χ0n) is 10.4. The van der Waals surface area contributed by atoms with Crippen LogP contribution in [0.4, 0.5) is 0 Å². The summed E-state index contributed by atoms with van der Waals surface area (Å²) in [7, 11) is 0. The van der Waals surface area contributed by atoms with Crippen molar-refractivity contribution in [1.29, 1.82) is 0 Å². The van der Waals surface area contributed by atoms with Crippen molar-refractivity contribution in [3.05, 3.63) is 27.9 Å². The fraction of sp³-hybridized carbons (Fsp3) is 0.583. The van der Waals surface area contributed by atoms with Crippen LogP contribution >= 0.6 is 11.6 Å². The molecule has 1 fully saturated rings. The number of nitrogens with zero attached hydrogens (tertiary/aromatic N) is 2. The van der Waals surface area contributed by atoms with E-state index in [1.807, 2.05) is 18.7 Å². The van der Waals surface area contributed by atoms with Gasteiger partial charge < -0.3 is 9.88 Å². The molecule has 1 N–H and O–H groups in total. The molecule has 1 aliphatic heterocycles. The molecule has 1 saturated heterocycles. The molecule has 5 nitrogen and oxygen atoms in total. The molecule has 0 aromatic carbocycles. The maximum absolute atomic E-state index is 11.8. The number of amides is 1. The fourth-order valence-electron chi connectivity index (χ4n) is 2.23. The summed E-state index contributed by atoms with van der Waals surface area (Å²) in [4.78, 5) is 32.0. The SMILES string of the molecule is CC(C)N1C[C@@H](c2cc(=O)[nH]c(CCl)n2)CC1=O. The topological polar surface area (TPSA) is 66.1 Å². The Morgan fingerprint density at radius 2 is 2.28 bits per heavy atom. The summed E-state index contributed by atoms with van der Waals surface area (Å²) in [5.41, 5.74) is 0.442. The summed E-state index contributed by atoms with van der Waals surface area (Å²) < 4.78 is 0. The first-order valence-electron chi connectivity index (χ1n) is 5.97. The molecule has 0 aliphatic carbocycles. The summed E-state index contributed by atoms with van der Waals surface area (Å²) in [6.45, 7) is 4.58. The van der Waals surface area contributed by atoms with E-state index in [2.05, 4.69) is 9.97 Å². The lowest BCUT2D eigenvalue weighted by molar-refractivity contribution is -0.129. The van der Waals surface area contributed by atoms with Crippen LogP contribution in [0.5, 0.6) is 0 Å². The van der Waals surface area contributed by atoms with Gasteiger partial charge in [-0.05, 0) is 13.8 Å². The first kappa shape index (κ1) is 13.1. The Morgan fingerprint density at radius 3 is 2.83 bits per heavy atom. The van der Waals surface area contributed by atoms with Gasteiger partial charge in [-0.25, -0.2) is 4.98 Å². The molecule has 1 aromatic heterocycles. The van der Waals surface area contributed by atoms with Gasteiger partial charge in [0.2, 0.25) is 5.91 Å². The summed E-state index contributed by atoms with van der Waals surface area (Å²) in [6, 6.07) is 1.63. The lowest BCUT2D eigenvalue weighted by Crippen LogP contribution is -2.32. The number of likely N-dealkylation sites (tertiary alicyclic amines) is 1. The number of carbonyl (C=O) groups is 1. The molecule has 1 amide bonds. The summed E-state index contributed by atoms with van der Waals surface area (Å²) >= 11 is 5.68. The van der Waals surface area contributed by atoms with Crippen LogP contribution in [0.25, 0.3) is 0 Å². The molecule has 2 rings (SSSR count). The van der Waals surface area contributed by atoms with Crippen LogP contribution in [-0.4, -0.2) is 33.4 Å². The minimum absolute atomic E-state index is 0.0100. The molecule has 0 spiro atoms. The minimum Gasteiger partial charge on any atom is -0.340 e. The highest BCUT2D eigenvalue weighted by Gasteiger charge is 2.33. The maximum Gasteiger partial charge on any atom is 0.251 e. The second-order valence-electron chi connectivity index (χ2n) is 4.79.